The van der Waals surface area contributed by atoms with Crippen LogP contribution in [0.3, 0.4) is 0 Å². The van der Waals surface area contributed by atoms with E-state index in [4.69, 9.17) is 14.2 Å². The van der Waals surface area contributed by atoms with Crippen molar-refractivity contribution < 1.29 is 19.0 Å². The predicted molar refractivity (Wildman–Crippen MR) is 141 cm³/mol. The monoisotopic (exact) mass is 507 g/mol. The summed E-state index contributed by atoms with van der Waals surface area (Å²) >= 11 is 1.29. The minimum atomic E-state index is -0.724. The minimum absolute atomic E-state index is 0.210. The van der Waals surface area contributed by atoms with Crippen molar-refractivity contribution in [2.24, 2.45) is 4.99 Å². The third kappa shape index (κ3) is 4.66. The van der Waals surface area contributed by atoms with Gasteiger partial charge in [0.05, 0.1) is 42.7 Å². The van der Waals surface area contributed by atoms with Crippen LogP contribution in [-0.2, 0) is 9.53 Å². The summed E-state index contributed by atoms with van der Waals surface area (Å²) in [6, 6.07) is 12.6. The Hall–Kier alpha value is -3.85. The lowest BCUT2D eigenvalue weighted by atomic mass is 9.95. The van der Waals surface area contributed by atoms with Crippen LogP contribution >= 0.6 is 11.3 Å². The molecular formula is C27H29N3O5S. The first kappa shape index (κ1) is 25.2. The molecule has 1 aliphatic rings. The third-order valence-corrected chi connectivity index (χ3v) is 6.93. The molecule has 1 aliphatic heterocycles. The fourth-order valence-corrected chi connectivity index (χ4v) is 5.20. The second kappa shape index (κ2) is 10.4. The van der Waals surface area contributed by atoms with Gasteiger partial charge < -0.3 is 19.1 Å². The van der Waals surface area contributed by atoms with E-state index in [-0.39, 0.29) is 12.2 Å². The van der Waals surface area contributed by atoms with Crippen molar-refractivity contribution in [2.75, 3.05) is 39.8 Å². The topological polar surface area (TPSA) is 82.4 Å². The molecule has 1 atom stereocenters. The largest absolute Gasteiger partial charge is 0.493 e. The van der Waals surface area contributed by atoms with E-state index in [1.165, 1.54) is 11.3 Å². The van der Waals surface area contributed by atoms with Gasteiger partial charge in [0, 0.05) is 19.8 Å². The zero-order valence-corrected chi connectivity index (χ0v) is 22.0. The molecule has 0 saturated carbocycles. The maximum Gasteiger partial charge on any atom is 0.338 e. The van der Waals surface area contributed by atoms with Crippen molar-refractivity contribution in [1.82, 2.24) is 4.57 Å². The number of carbonyl (C=O) groups excluding carboxylic acids is 1. The number of esters is 1. The molecule has 2 heterocycles. The Kier molecular flexibility index (Phi) is 7.30. The van der Waals surface area contributed by atoms with Gasteiger partial charge in [0.2, 0.25) is 0 Å². The number of benzene rings is 2. The Labute approximate surface area is 213 Å². The fraction of sp³-hybridized carbons (Fsp3) is 0.296. The number of anilines is 1. The first-order valence-electron chi connectivity index (χ1n) is 11.5. The van der Waals surface area contributed by atoms with Crippen molar-refractivity contribution >= 4 is 29.1 Å². The van der Waals surface area contributed by atoms with Gasteiger partial charge in [-0.25, -0.2) is 9.79 Å². The highest BCUT2D eigenvalue weighted by Gasteiger charge is 2.33. The van der Waals surface area contributed by atoms with Crippen molar-refractivity contribution in [3.63, 3.8) is 0 Å². The molecule has 0 radical (unpaired) electrons. The predicted octanol–water partition coefficient (Wildman–Crippen LogP) is 2.88. The molecule has 0 aliphatic carbocycles. The molecule has 8 nitrogen and oxygen atoms in total. The van der Waals surface area contributed by atoms with Crippen LogP contribution < -0.4 is 29.3 Å². The molecule has 9 heteroatoms. The van der Waals surface area contributed by atoms with E-state index in [1.54, 1.807) is 44.8 Å². The van der Waals surface area contributed by atoms with E-state index in [0.717, 1.165) is 11.3 Å². The molecule has 2 aromatic carbocycles. The number of methoxy groups -OCH3 is 2. The lowest BCUT2D eigenvalue weighted by molar-refractivity contribution is -0.139. The smallest absolute Gasteiger partial charge is 0.338 e. The van der Waals surface area contributed by atoms with E-state index in [1.807, 2.05) is 55.4 Å². The first-order valence-corrected chi connectivity index (χ1v) is 12.3. The Morgan fingerprint density at radius 2 is 1.81 bits per heavy atom. The summed E-state index contributed by atoms with van der Waals surface area (Å²) in [7, 11) is 7.05. The fourth-order valence-electron chi connectivity index (χ4n) is 4.15. The van der Waals surface area contributed by atoms with Gasteiger partial charge >= 0.3 is 5.97 Å². The lowest BCUT2D eigenvalue weighted by Crippen LogP contribution is -2.39. The first-order chi connectivity index (χ1) is 17.3. The number of carbonyl (C=O) groups is 1. The Balaban J connectivity index is 1.92. The van der Waals surface area contributed by atoms with E-state index >= 15 is 0 Å². The maximum atomic E-state index is 13.7. The summed E-state index contributed by atoms with van der Waals surface area (Å²) < 4.78 is 18.3. The summed E-state index contributed by atoms with van der Waals surface area (Å²) in [5, 5.41) is 0. The molecule has 4 rings (SSSR count). The Morgan fingerprint density at radius 1 is 1.11 bits per heavy atom. The minimum Gasteiger partial charge on any atom is -0.493 e. The zero-order valence-electron chi connectivity index (χ0n) is 21.2. The molecule has 0 N–H and O–H groups in total. The van der Waals surface area contributed by atoms with Crippen LogP contribution in [0.2, 0.25) is 0 Å². The molecule has 0 spiro atoms. The van der Waals surface area contributed by atoms with E-state index in [2.05, 4.69) is 4.99 Å². The average Bonchev–Trinajstić information content (AvgIpc) is 3.17. The number of thiazole rings is 1. The van der Waals surface area contributed by atoms with Gasteiger partial charge in [0.1, 0.15) is 0 Å². The van der Waals surface area contributed by atoms with Crippen LogP contribution in [0, 0.1) is 0 Å². The normalized spacial score (nSPS) is 15.3. The van der Waals surface area contributed by atoms with Crippen LogP contribution in [0.1, 0.15) is 31.0 Å². The highest BCUT2D eigenvalue weighted by molar-refractivity contribution is 7.07. The van der Waals surface area contributed by atoms with E-state index in [9.17, 15) is 9.59 Å². The van der Waals surface area contributed by atoms with Gasteiger partial charge in [-0.2, -0.15) is 0 Å². The number of aromatic nitrogens is 1. The molecule has 188 valence electrons. The van der Waals surface area contributed by atoms with Crippen LogP contribution in [0.4, 0.5) is 5.69 Å². The number of nitrogens with zero attached hydrogens (tertiary/aromatic N) is 3. The van der Waals surface area contributed by atoms with Crippen LogP contribution in [-0.4, -0.2) is 45.5 Å². The molecule has 36 heavy (non-hydrogen) atoms. The average molecular weight is 508 g/mol. The quantitative estimate of drug-likeness (QED) is 0.458. The maximum absolute atomic E-state index is 13.7. The van der Waals surface area contributed by atoms with Gasteiger partial charge in [-0.15, -0.1) is 0 Å². The summed E-state index contributed by atoms with van der Waals surface area (Å²) in [6.07, 6.45) is 1.85. The SMILES string of the molecule is CCOC(=O)C1=C(C)N=c2sc(=Cc3ccc(N(C)C)cc3)c(=O)n2[C@@H]1c1ccc(OC)c(OC)c1. The van der Waals surface area contributed by atoms with Crippen molar-refractivity contribution in [1.29, 1.82) is 0 Å². The molecule has 0 bridgehead atoms. The second-order valence-electron chi connectivity index (χ2n) is 8.40. The summed E-state index contributed by atoms with van der Waals surface area (Å²) in [6.45, 7) is 3.72. The molecule has 0 fully saturated rings. The Bertz CT molecular complexity index is 1500. The highest BCUT2D eigenvalue weighted by Crippen LogP contribution is 2.36. The molecule has 3 aromatic rings. The lowest BCUT2D eigenvalue weighted by Gasteiger charge is -2.25. The number of ether oxygens (including phenoxy) is 3. The molecule has 1 aromatic heterocycles. The summed E-state index contributed by atoms with van der Waals surface area (Å²) in [4.78, 5) is 33.9. The van der Waals surface area contributed by atoms with Gasteiger partial charge in [0.25, 0.3) is 5.56 Å². The number of hydrogen-bond acceptors (Lipinski definition) is 8. The standard InChI is InChI=1S/C27H29N3O5S/c1-7-35-26(32)23-16(2)28-27-30(24(23)18-10-13-20(33-5)21(15-18)34-6)25(31)22(36-27)14-17-8-11-19(12-9-17)29(3)4/h8-15,24H,7H2,1-6H3/t24-/m1/s1. The molecule has 0 unspecified atom stereocenters. The zero-order chi connectivity index (χ0) is 26.0. The van der Waals surface area contributed by atoms with Crippen LogP contribution in [0.15, 0.2) is 63.5 Å². The van der Waals surface area contributed by atoms with Gasteiger partial charge in [-0.05, 0) is 55.3 Å². The van der Waals surface area contributed by atoms with Crippen LogP contribution in [0.5, 0.6) is 11.5 Å². The number of fused-ring (bicyclic) bond motifs is 1. The van der Waals surface area contributed by atoms with Crippen molar-refractivity contribution in [3.05, 3.63) is 84.5 Å². The van der Waals surface area contributed by atoms with E-state index in [0.29, 0.717) is 37.7 Å². The molecule has 0 amide bonds. The van der Waals surface area contributed by atoms with Crippen LogP contribution in [0.25, 0.3) is 6.08 Å². The number of hydrogen-bond donors (Lipinski definition) is 0. The summed E-state index contributed by atoms with van der Waals surface area (Å²) in [5.74, 6) is 0.538. The number of rotatable bonds is 7. The van der Waals surface area contributed by atoms with Gasteiger partial charge in [-0.3, -0.25) is 9.36 Å². The van der Waals surface area contributed by atoms with Crippen molar-refractivity contribution in [3.8, 4) is 11.5 Å². The summed E-state index contributed by atoms with van der Waals surface area (Å²) in [5.41, 5.74) is 3.25. The third-order valence-electron chi connectivity index (χ3n) is 5.95. The van der Waals surface area contributed by atoms with Gasteiger partial charge in [-0.1, -0.05) is 29.5 Å². The van der Waals surface area contributed by atoms with E-state index < -0.39 is 12.0 Å². The second-order valence-corrected chi connectivity index (χ2v) is 9.41. The van der Waals surface area contributed by atoms with Crippen molar-refractivity contribution in [2.45, 2.75) is 19.9 Å². The number of allylic oxidation sites excluding steroid dienone is 1. The Morgan fingerprint density at radius 3 is 2.42 bits per heavy atom. The van der Waals surface area contributed by atoms with Gasteiger partial charge in [0.15, 0.2) is 16.3 Å². The highest BCUT2D eigenvalue weighted by atomic mass is 32.1. The molecular weight excluding hydrogens is 478 g/mol. The molecule has 0 saturated heterocycles.